The SMILES string of the molecule is CCCC(=O)OC[N+]1(C)CCN(C2=Nc3ccccc3Nc3sc(C)cc32)CC1.[I-]. The number of rotatable bonds is 4. The van der Waals surface area contributed by atoms with Crippen LogP contribution in [0.5, 0.6) is 0 Å². The van der Waals surface area contributed by atoms with Gasteiger partial charge in [0.1, 0.15) is 10.8 Å². The fourth-order valence-corrected chi connectivity index (χ4v) is 4.70. The second kappa shape index (κ2) is 9.65. The molecule has 0 radical (unpaired) electrons. The summed E-state index contributed by atoms with van der Waals surface area (Å²) in [5.74, 6) is 0.944. The molecule has 0 amide bonds. The summed E-state index contributed by atoms with van der Waals surface area (Å²) in [6.45, 7) is 8.20. The van der Waals surface area contributed by atoms with Crippen molar-refractivity contribution in [3.8, 4) is 0 Å². The number of anilines is 2. The topological polar surface area (TPSA) is 53.9 Å². The summed E-state index contributed by atoms with van der Waals surface area (Å²) >= 11 is 1.77. The number of benzene rings is 1. The van der Waals surface area contributed by atoms with Crippen molar-refractivity contribution < 1.29 is 38.0 Å². The van der Waals surface area contributed by atoms with Gasteiger partial charge >= 0.3 is 5.97 Å². The zero-order valence-electron chi connectivity index (χ0n) is 17.8. The standard InChI is InChI=1S/C22H29N4O2S.HI/c1-4-7-20(27)28-15-26(3)12-10-25(11-13-26)21-17-14-16(2)29-22(17)24-19-9-6-5-8-18(19)23-21;/h5-6,8-9,14,24H,4,7,10-13,15H2,1-3H3;1H/q+1;/p-1. The van der Waals surface area contributed by atoms with E-state index in [0.29, 0.717) is 13.2 Å². The van der Waals surface area contributed by atoms with E-state index in [0.717, 1.165) is 59.3 Å². The molecule has 0 bridgehead atoms. The Morgan fingerprint density at radius 1 is 1.30 bits per heavy atom. The van der Waals surface area contributed by atoms with Crippen LogP contribution < -0.4 is 29.3 Å². The molecule has 1 N–H and O–H groups in total. The summed E-state index contributed by atoms with van der Waals surface area (Å²) in [4.78, 5) is 20.5. The van der Waals surface area contributed by atoms with Gasteiger partial charge in [-0.15, -0.1) is 11.3 Å². The molecule has 6 nitrogen and oxygen atoms in total. The number of carbonyl (C=O) groups is 1. The van der Waals surface area contributed by atoms with Crippen LogP contribution in [-0.2, 0) is 9.53 Å². The van der Waals surface area contributed by atoms with Gasteiger partial charge in [-0.2, -0.15) is 0 Å². The summed E-state index contributed by atoms with van der Waals surface area (Å²) < 4.78 is 6.26. The van der Waals surface area contributed by atoms with Crippen molar-refractivity contribution in [3.63, 3.8) is 0 Å². The number of carbonyl (C=O) groups excluding carboxylic acids is 1. The van der Waals surface area contributed by atoms with E-state index in [2.05, 4.69) is 42.4 Å². The smallest absolute Gasteiger partial charge is 0.310 e. The number of halogens is 1. The third-order valence-electron chi connectivity index (χ3n) is 5.59. The van der Waals surface area contributed by atoms with Crippen LogP contribution in [0.1, 0.15) is 30.2 Å². The first-order chi connectivity index (χ1) is 14.0. The lowest BCUT2D eigenvalue weighted by Crippen LogP contribution is -3.00. The minimum absolute atomic E-state index is 0. The lowest BCUT2D eigenvalue weighted by atomic mass is 10.2. The van der Waals surface area contributed by atoms with Crippen molar-refractivity contribution in [2.24, 2.45) is 4.99 Å². The average molecular weight is 540 g/mol. The summed E-state index contributed by atoms with van der Waals surface area (Å²) in [6.07, 6.45) is 1.32. The van der Waals surface area contributed by atoms with Gasteiger partial charge < -0.3 is 38.9 Å². The van der Waals surface area contributed by atoms with Crippen molar-refractivity contribution in [1.29, 1.82) is 0 Å². The highest BCUT2D eigenvalue weighted by molar-refractivity contribution is 7.16. The zero-order valence-corrected chi connectivity index (χ0v) is 20.8. The summed E-state index contributed by atoms with van der Waals surface area (Å²) in [5.41, 5.74) is 3.19. The summed E-state index contributed by atoms with van der Waals surface area (Å²) in [5, 5.41) is 4.72. The Balaban J connectivity index is 0.00000256. The van der Waals surface area contributed by atoms with Gasteiger partial charge in [0.2, 0.25) is 6.73 Å². The van der Waals surface area contributed by atoms with Gasteiger partial charge in [-0.25, -0.2) is 4.99 Å². The van der Waals surface area contributed by atoms with Gasteiger partial charge in [0.15, 0.2) is 0 Å². The summed E-state index contributed by atoms with van der Waals surface area (Å²) in [7, 11) is 2.17. The molecule has 2 aliphatic rings. The number of aliphatic imine (C=N–C) groups is 1. The van der Waals surface area contributed by atoms with E-state index in [4.69, 9.17) is 9.73 Å². The molecule has 1 aromatic heterocycles. The van der Waals surface area contributed by atoms with Crippen molar-refractivity contribution in [2.45, 2.75) is 26.7 Å². The fourth-order valence-electron chi connectivity index (χ4n) is 3.78. The largest absolute Gasteiger partial charge is 1.00 e. The maximum atomic E-state index is 11.8. The van der Waals surface area contributed by atoms with Crippen molar-refractivity contribution in [2.75, 3.05) is 45.3 Å². The van der Waals surface area contributed by atoms with Crippen molar-refractivity contribution >= 4 is 39.5 Å². The highest BCUT2D eigenvalue weighted by Gasteiger charge is 2.33. The second-order valence-electron chi connectivity index (χ2n) is 8.13. The van der Waals surface area contributed by atoms with E-state index in [1.807, 2.05) is 19.1 Å². The van der Waals surface area contributed by atoms with Gasteiger partial charge in [0, 0.05) is 11.3 Å². The molecule has 162 valence electrons. The van der Waals surface area contributed by atoms with E-state index < -0.39 is 0 Å². The average Bonchev–Trinajstić information content (AvgIpc) is 2.99. The second-order valence-corrected chi connectivity index (χ2v) is 9.38. The lowest BCUT2D eigenvalue weighted by molar-refractivity contribution is -0.929. The molecule has 2 aromatic rings. The lowest BCUT2D eigenvalue weighted by Gasteiger charge is -2.42. The van der Waals surface area contributed by atoms with Crippen LogP contribution in [0.3, 0.4) is 0 Å². The number of ether oxygens (including phenoxy) is 1. The zero-order chi connectivity index (χ0) is 20.4. The molecular formula is C22H29IN4O2S. The van der Waals surface area contributed by atoms with E-state index >= 15 is 0 Å². The Hall–Kier alpha value is -1.65. The predicted octanol–water partition coefficient (Wildman–Crippen LogP) is 1.26. The quantitative estimate of drug-likeness (QED) is 0.361. The van der Waals surface area contributed by atoms with Crippen molar-refractivity contribution in [3.05, 3.63) is 40.8 Å². The first kappa shape index (κ1) is 23.0. The molecule has 1 fully saturated rings. The molecule has 2 aliphatic heterocycles. The monoisotopic (exact) mass is 540 g/mol. The van der Waals surface area contributed by atoms with Crippen LogP contribution in [0.25, 0.3) is 0 Å². The first-order valence-corrected chi connectivity index (χ1v) is 11.1. The number of amidine groups is 1. The van der Waals surface area contributed by atoms with Gasteiger partial charge in [0.05, 0.1) is 50.2 Å². The third-order valence-corrected chi connectivity index (χ3v) is 6.55. The number of esters is 1. The molecule has 4 rings (SSSR count). The van der Waals surface area contributed by atoms with E-state index in [1.165, 1.54) is 10.4 Å². The normalized spacial score (nSPS) is 16.9. The number of nitrogens with zero attached hydrogens (tertiary/aromatic N) is 3. The maximum Gasteiger partial charge on any atom is 0.310 e. The minimum atomic E-state index is -0.0940. The molecule has 1 saturated heterocycles. The Bertz CT molecular complexity index is 935. The van der Waals surface area contributed by atoms with Gasteiger partial charge in [-0.3, -0.25) is 9.28 Å². The highest BCUT2D eigenvalue weighted by Crippen LogP contribution is 2.39. The van der Waals surface area contributed by atoms with E-state index in [9.17, 15) is 4.79 Å². The number of hydrogen-bond acceptors (Lipinski definition) is 6. The summed E-state index contributed by atoms with van der Waals surface area (Å²) in [6, 6.07) is 10.4. The molecule has 0 spiro atoms. The van der Waals surface area contributed by atoms with Crippen LogP contribution in [0.15, 0.2) is 35.3 Å². The third kappa shape index (κ3) is 4.97. The number of piperazine rings is 1. The molecule has 0 unspecified atom stereocenters. The highest BCUT2D eigenvalue weighted by atomic mass is 127. The molecule has 30 heavy (non-hydrogen) atoms. The number of quaternary nitrogens is 1. The molecule has 0 saturated carbocycles. The minimum Gasteiger partial charge on any atom is -1.00 e. The van der Waals surface area contributed by atoms with Gasteiger partial charge in [-0.05, 0) is 31.5 Å². The fraction of sp³-hybridized carbons (Fsp3) is 0.455. The number of nitrogens with one attached hydrogen (secondary N) is 1. The Morgan fingerprint density at radius 2 is 2.03 bits per heavy atom. The molecule has 3 heterocycles. The molecule has 1 aromatic carbocycles. The van der Waals surface area contributed by atoms with Crippen LogP contribution >= 0.6 is 11.3 Å². The van der Waals surface area contributed by atoms with Crippen LogP contribution in [0.4, 0.5) is 16.4 Å². The Labute approximate surface area is 199 Å². The first-order valence-electron chi connectivity index (χ1n) is 10.3. The molecule has 0 atom stereocenters. The number of thiophene rings is 1. The number of aryl methyl sites for hydroxylation is 1. The molecule has 8 heteroatoms. The Kier molecular flexibility index (Phi) is 7.41. The molecular weight excluding hydrogens is 511 g/mol. The van der Waals surface area contributed by atoms with Crippen LogP contribution in [0.2, 0.25) is 0 Å². The van der Waals surface area contributed by atoms with E-state index in [-0.39, 0.29) is 29.9 Å². The van der Waals surface area contributed by atoms with Crippen LogP contribution in [-0.4, -0.2) is 61.1 Å². The van der Waals surface area contributed by atoms with E-state index in [1.54, 1.807) is 11.3 Å². The van der Waals surface area contributed by atoms with Crippen molar-refractivity contribution in [1.82, 2.24) is 4.90 Å². The van der Waals surface area contributed by atoms with Gasteiger partial charge in [-0.1, -0.05) is 19.1 Å². The van der Waals surface area contributed by atoms with Crippen LogP contribution in [0, 0.1) is 6.92 Å². The number of hydrogen-bond donors (Lipinski definition) is 1. The van der Waals surface area contributed by atoms with Gasteiger partial charge in [0.25, 0.3) is 0 Å². The predicted molar refractivity (Wildman–Crippen MR) is 118 cm³/mol. The Morgan fingerprint density at radius 3 is 2.77 bits per heavy atom. The maximum absolute atomic E-state index is 11.8. The number of likely N-dealkylation sites (N-methyl/N-ethyl adjacent to an activating group) is 1. The number of fused-ring (bicyclic) bond motifs is 2. The number of para-hydroxylation sites is 2. The molecule has 0 aliphatic carbocycles.